The quantitative estimate of drug-likeness (QED) is 0.829. The van der Waals surface area contributed by atoms with Crippen molar-refractivity contribution >= 4 is 11.6 Å². The van der Waals surface area contributed by atoms with Crippen molar-refractivity contribution in [1.29, 1.82) is 0 Å². The maximum absolute atomic E-state index is 6.03. The summed E-state index contributed by atoms with van der Waals surface area (Å²) >= 11 is 6.03. The number of nitrogens with zero attached hydrogens (tertiary/aromatic N) is 1. The Labute approximate surface area is 132 Å². The molecule has 1 N–H and O–H groups in total. The van der Waals surface area contributed by atoms with Crippen LogP contribution in [-0.4, -0.2) is 18.5 Å². The summed E-state index contributed by atoms with van der Waals surface area (Å²) in [6.45, 7) is 5.90. The lowest BCUT2D eigenvalue weighted by Crippen LogP contribution is -2.17. The van der Waals surface area contributed by atoms with Gasteiger partial charge in [0.25, 0.3) is 0 Å². The van der Waals surface area contributed by atoms with Gasteiger partial charge in [-0.25, -0.2) is 0 Å². The summed E-state index contributed by atoms with van der Waals surface area (Å²) in [6.07, 6.45) is 0. The molecular formula is C18H23ClN2. The molecule has 0 bridgehead atoms. The monoisotopic (exact) mass is 302 g/mol. The van der Waals surface area contributed by atoms with Gasteiger partial charge in [0, 0.05) is 24.7 Å². The van der Waals surface area contributed by atoms with Crippen LogP contribution in [0.2, 0.25) is 5.02 Å². The van der Waals surface area contributed by atoms with Gasteiger partial charge in [0.2, 0.25) is 0 Å². The van der Waals surface area contributed by atoms with Crippen LogP contribution in [0, 0.1) is 0 Å². The van der Waals surface area contributed by atoms with Crippen LogP contribution < -0.4 is 5.32 Å². The van der Waals surface area contributed by atoms with Crippen LogP contribution in [0.5, 0.6) is 0 Å². The van der Waals surface area contributed by atoms with E-state index in [9.17, 15) is 0 Å². The largest absolute Gasteiger partial charge is 0.313 e. The second-order valence-corrected chi connectivity index (χ2v) is 5.84. The van der Waals surface area contributed by atoms with Gasteiger partial charge in [-0.2, -0.15) is 0 Å². The Morgan fingerprint density at radius 3 is 2.24 bits per heavy atom. The maximum Gasteiger partial charge on any atom is 0.0409 e. The number of rotatable bonds is 7. The van der Waals surface area contributed by atoms with Gasteiger partial charge in [-0.05, 0) is 42.4 Å². The highest BCUT2D eigenvalue weighted by Gasteiger charge is 2.03. The molecule has 0 spiro atoms. The molecule has 0 aliphatic carbocycles. The summed E-state index contributed by atoms with van der Waals surface area (Å²) in [6, 6.07) is 16.8. The van der Waals surface area contributed by atoms with Crippen molar-refractivity contribution in [1.82, 2.24) is 10.2 Å². The van der Waals surface area contributed by atoms with Crippen LogP contribution in [-0.2, 0) is 19.6 Å². The predicted octanol–water partition coefficient (Wildman–Crippen LogP) is 4.08. The molecule has 0 aliphatic rings. The SMILES string of the molecule is CCNCc1cccc(CN(C)Cc2cccc(Cl)c2)c1. The van der Waals surface area contributed by atoms with Gasteiger partial charge in [-0.3, -0.25) is 4.90 Å². The highest BCUT2D eigenvalue weighted by molar-refractivity contribution is 6.30. The molecule has 21 heavy (non-hydrogen) atoms. The zero-order valence-electron chi connectivity index (χ0n) is 12.8. The first-order valence-electron chi connectivity index (χ1n) is 7.39. The van der Waals surface area contributed by atoms with Gasteiger partial charge >= 0.3 is 0 Å². The lowest BCUT2D eigenvalue weighted by atomic mass is 10.1. The zero-order chi connectivity index (χ0) is 15.1. The van der Waals surface area contributed by atoms with E-state index in [0.717, 1.165) is 31.2 Å². The summed E-state index contributed by atoms with van der Waals surface area (Å²) in [5, 5.41) is 4.16. The molecule has 0 radical (unpaired) electrons. The van der Waals surface area contributed by atoms with Gasteiger partial charge in [-0.1, -0.05) is 54.9 Å². The van der Waals surface area contributed by atoms with E-state index < -0.39 is 0 Å². The minimum Gasteiger partial charge on any atom is -0.313 e. The van der Waals surface area contributed by atoms with E-state index in [4.69, 9.17) is 11.6 Å². The van der Waals surface area contributed by atoms with Crippen molar-refractivity contribution in [2.24, 2.45) is 0 Å². The second-order valence-electron chi connectivity index (χ2n) is 5.40. The number of hydrogen-bond donors (Lipinski definition) is 1. The third-order valence-corrected chi connectivity index (χ3v) is 3.60. The van der Waals surface area contributed by atoms with Crippen molar-refractivity contribution in [3.8, 4) is 0 Å². The van der Waals surface area contributed by atoms with Crippen LogP contribution in [0.15, 0.2) is 48.5 Å². The molecule has 0 atom stereocenters. The fourth-order valence-corrected chi connectivity index (χ4v) is 2.63. The fraction of sp³-hybridized carbons (Fsp3) is 0.333. The van der Waals surface area contributed by atoms with E-state index in [0.29, 0.717) is 0 Å². The average Bonchev–Trinajstić information content (AvgIpc) is 2.45. The summed E-state index contributed by atoms with van der Waals surface area (Å²) in [7, 11) is 2.14. The van der Waals surface area contributed by atoms with Crippen molar-refractivity contribution in [2.45, 2.75) is 26.6 Å². The minimum atomic E-state index is 0.800. The highest BCUT2D eigenvalue weighted by Crippen LogP contribution is 2.14. The molecule has 0 aliphatic heterocycles. The molecule has 112 valence electrons. The lowest BCUT2D eigenvalue weighted by Gasteiger charge is -2.17. The Morgan fingerprint density at radius 1 is 0.952 bits per heavy atom. The van der Waals surface area contributed by atoms with Gasteiger partial charge in [0.15, 0.2) is 0 Å². The summed E-state index contributed by atoms with van der Waals surface area (Å²) in [5.41, 5.74) is 3.93. The Balaban J connectivity index is 1.94. The Hall–Kier alpha value is -1.35. The van der Waals surface area contributed by atoms with Gasteiger partial charge in [-0.15, -0.1) is 0 Å². The van der Waals surface area contributed by atoms with E-state index in [2.05, 4.69) is 54.5 Å². The predicted molar refractivity (Wildman–Crippen MR) is 90.4 cm³/mol. The van der Waals surface area contributed by atoms with E-state index >= 15 is 0 Å². The number of benzene rings is 2. The molecule has 0 amide bonds. The van der Waals surface area contributed by atoms with Crippen LogP contribution in [0.25, 0.3) is 0 Å². The van der Waals surface area contributed by atoms with Crippen LogP contribution in [0.3, 0.4) is 0 Å². The lowest BCUT2D eigenvalue weighted by molar-refractivity contribution is 0.319. The Bertz CT molecular complexity index is 569. The molecule has 2 nitrogen and oxygen atoms in total. The summed E-state index contributed by atoms with van der Waals surface area (Å²) < 4.78 is 0. The average molecular weight is 303 g/mol. The van der Waals surface area contributed by atoms with E-state index in [1.165, 1.54) is 16.7 Å². The number of hydrogen-bond acceptors (Lipinski definition) is 2. The minimum absolute atomic E-state index is 0.800. The standard InChI is InChI=1S/C18H23ClN2/c1-3-20-12-15-6-4-7-16(10-15)13-21(2)14-17-8-5-9-18(19)11-17/h4-11,20H,3,12-14H2,1-2H3. The van der Waals surface area contributed by atoms with Crippen molar-refractivity contribution < 1.29 is 0 Å². The van der Waals surface area contributed by atoms with Crippen LogP contribution >= 0.6 is 11.6 Å². The summed E-state index contributed by atoms with van der Waals surface area (Å²) in [5.74, 6) is 0. The molecule has 0 saturated heterocycles. The Morgan fingerprint density at radius 2 is 1.57 bits per heavy atom. The fourth-order valence-electron chi connectivity index (χ4n) is 2.42. The van der Waals surface area contributed by atoms with Gasteiger partial charge in [0.05, 0.1) is 0 Å². The molecule has 0 saturated carbocycles. The van der Waals surface area contributed by atoms with E-state index in [1.807, 2.05) is 18.2 Å². The van der Waals surface area contributed by atoms with Crippen molar-refractivity contribution in [3.05, 3.63) is 70.2 Å². The topological polar surface area (TPSA) is 15.3 Å². The molecule has 2 rings (SSSR count). The van der Waals surface area contributed by atoms with Gasteiger partial charge in [0.1, 0.15) is 0 Å². The Kier molecular flexibility index (Phi) is 6.24. The molecule has 2 aromatic carbocycles. The molecule has 0 unspecified atom stereocenters. The normalized spacial score (nSPS) is 11.0. The first-order chi connectivity index (χ1) is 10.2. The van der Waals surface area contributed by atoms with Gasteiger partial charge < -0.3 is 5.32 Å². The zero-order valence-corrected chi connectivity index (χ0v) is 13.5. The smallest absolute Gasteiger partial charge is 0.0409 e. The van der Waals surface area contributed by atoms with E-state index in [-0.39, 0.29) is 0 Å². The molecule has 3 heteroatoms. The van der Waals surface area contributed by atoms with Crippen LogP contribution in [0.1, 0.15) is 23.6 Å². The second kappa shape index (κ2) is 8.18. The molecular weight excluding hydrogens is 280 g/mol. The van der Waals surface area contributed by atoms with Crippen molar-refractivity contribution in [2.75, 3.05) is 13.6 Å². The molecule has 0 fully saturated rings. The number of halogens is 1. The molecule has 0 aromatic heterocycles. The third kappa shape index (κ3) is 5.50. The number of nitrogens with one attached hydrogen (secondary N) is 1. The molecule has 2 aromatic rings. The summed E-state index contributed by atoms with van der Waals surface area (Å²) in [4.78, 5) is 2.30. The first-order valence-corrected chi connectivity index (χ1v) is 7.76. The highest BCUT2D eigenvalue weighted by atomic mass is 35.5. The maximum atomic E-state index is 6.03. The third-order valence-electron chi connectivity index (χ3n) is 3.36. The van der Waals surface area contributed by atoms with Crippen molar-refractivity contribution in [3.63, 3.8) is 0 Å². The van der Waals surface area contributed by atoms with E-state index in [1.54, 1.807) is 0 Å². The molecule has 0 heterocycles. The van der Waals surface area contributed by atoms with Crippen LogP contribution in [0.4, 0.5) is 0 Å². The first kappa shape index (κ1) is 16.0.